The van der Waals surface area contributed by atoms with E-state index < -0.39 is 32.4 Å². The topological polar surface area (TPSA) is 63.6 Å². The molecule has 4 nitrogen and oxygen atoms in total. The largest absolute Gasteiger partial charge is 0.390 e. The third-order valence-corrected chi connectivity index (χ3v) is 6.64. The van der Waals surface area contributed by atoms with Crippen LogP contribution in [-0.2, 0) is 14.6 Å². The zero-order valence-corrected chi connectivity index (χ0v) is 9.04. The van der Waals surface area contributed by atoms with Crippen LogP contribution in [-0.4, -0.2) is 41.8 Å². The van der Waals surface area contributed by atoms with Crippen LogP contribution in [0.4, 0.5) is 0 Å². The number of fused-ring (bicyclic) bond motifs is 1. The predicted molar refractivity (Wildman–Crippen MR) is 49.6 cm³/mol. The molecular weight excluding hydrogens is 204 g/mol. The van der Waals surface area contributed by atoms with Gasteiger partial charge in [-0.2, -0.15) is 0 Å². The van der Waals surface area contributed by atoms with Gasteiger partial charge in [-0.1, -0.05) is 6.92 Å². The molecule has 3 aliphatic heterocycles. The van der Waals surface area contributed by atoms with E-state index in [2.05, 4.69) is 0 Å². The van der Waals surface area contributed by atoms with E-state index in [1.807, 2.05) is 13.8 Å². The smallest absolute Gasteiger partial charge is 0.159 e. The molecule has 0 aromatic heterocycles. The molecule has 1 N–H and O–H groups in total. The van der Waals surface area contributed by atoms with E-state index >= 15 is 0 Å². The third kappa shape index (κ3) is 0.697. The quantitative estimate of drug-likeness (QED) is 0.607. The van der Waals surface area contributed by atoms with Gasteiger partial charge in [0, 0.05) is 5.92 Å². The van der Waals surface area contributed by atoms with Crippen LogP contribution in [0.5, 0.6) is 0 Å². The average Bonchev–Trinajstić information content (AvgIpc) is 2.43. The molecule has 0 aromatic carbocycles. The summed E-state index contributed by atoms with van der Waals surface area (Å²) >= 11 is 0. The van der Waals surface area contributed by atoms with Crippen molar-refractivity contribution in [3.8, 4) is 0 Å². The average molecular weight is 218 g/mol. The molecule has 2 bridgehead atoms. The van der Waals surface area contributed by atoms with Crippen molar-refractivity contribution in [1.82, 2.24) is 0 Å². The standard InChI is InChI=1S/C9H14O4S/c1-5-7(10)9-4-14(11,12)6(9)3-8(5,2)13-9/h5-7,10H,3-4H2,1-2H3. The summed E-state index contributed by atoms with van der Waals surface area (Å²) in [6.07, 6.45) is -0.0668. The van der Waals surface area contributed by atoms with Crippen LogP contribution < -0.4 is 0 Å². The molecule has 0 amide bonds. The van der Waals surface area contributed by atoms with Crippen LogP contribution in [0.25, 0.3) is 0 Å². The molecule has 0 saturated carbocycles. The monoisotopic (exact) mass is 218 g/mol. The molecule has 3 saturated heterocycles. The Morgan fingerprint density at radius 1 is 1.50 bits per heavy atom. The van der Waals surface area contributed by atoms with Gasteiger partial charge in [0.05, 0.1) is 22.7 Å². The number of aliphatic hydroxyl groups excluding tert-OH is 1. The van der Waals surface area contributed by atoms with Gasteiger partial charge in [0.1, 0.15) is 5.60 Å². The van der Waals surface area contributed by atoms with Crippen molar-refractivity contribution in [3.05, 3.63) is 0 Å². The highest BCUT2D eigenvalue weighted by atomic mass is 32.2. The van der Waals surface area contributed by atoms with E-state index in [4.69, 9.17) is 4.74 Å². The molecule has 14 heavy (non-hydrogen) atoms. The molecule has 1 spiro atoms. The Morgan fingerprint density at radius 3 is 2.64 bits per heavy atom. The second-order valence-electron chi connectivity index (χ2n) is 5.10. The Hall–Kier alpha value is -0.130. The summed E-state index contributed by atoms with van der Waals surface area (Å²) in [5, 5.41) is 9.52. The van der Waals surface area contributed by atoms with E-state index in [1.54, 1.807) is 0 Å². The number of sulfone groups is 1. The number of hydrogen-bond donors (Lipinski definition) is 1. The van der Waals surface area contributed by atoms with Gasteiger partial charge in [-0.3, -0.25) is 0 Å². The first-order valence-corrected chi connectivity index (χ1v) is 6.63. The molecule has 0 aromatic rings. The maximum absolute atomic E-state index is 11.5. The first kappa shape index (κ1) is 9.12. The summed E-state index contributed by atoms with van der Waals surface area (Å²) in [4.78, 5) is 0. The lowest BCUT2D eigenvalue weighted by Gasteiger charge is -2.45. The van der Waals surface area contributed by atoms with Gasteiger partial charge in [0.15, 0.2) is 9.84 Å². The fourth-order valence-electron chi connectivity index (χ4n) is 3.32. The summed E-state index contributed by atoms with van der Waals surface area (Å²) < 4.78 is 28.8. The SMILES string of the molecule is CC1C(O)C23CS(=O)(=O)C2CC1(C)O3. The summed E-state index contributed by atoms with van der Waals surface area (Å²) in [5.41, 5.74) is -1.19. The van der Waals surface area contributed by atoms with E-state index in [0.29, 0.717) is 6.42 Å². The predicted octanol–water partition coefficient (Wildman–Crippen LogP) is -0.288. The molecule has 3 aliphatic rings. The lowest BCUT2D eigenvalue weighted by Crippen LogP contribution is -2.67. The maximum Gasteiger partial charge on any atom is 0.159 e. The van der Waals surface area contributed by atoms with Gasteiger partial charge in [0.2, 0.25) is 0 Å². The Kier molecular flexibility index (Phi) is 1.32. The second kappa shape index (κ2) is 2.03. The Bertz CT molecular complexity index is 403. The number of rotatable bonds is 0. The van der Waals surface area contributed by atoms with Crippen LogP contribution in [0.15, 0.2) is 0 Å². The zero-order valence-electron chi connectivity index (χ0n) is 8.23. The number of aliphatic hydroxyl groups is 1. The van der Waals surface area contributed by atoms with Crippen molar-refractivity contribution in [2.24, 2.45) is 5.92 Å². The van der Waals surface area contributed by atoms with Crippen LogP contribution >= 0.6 is 0 Å². The lowest BCUT2D eigenvalue weighted by atomic mass is 9.73. The summed E-state index contributed by atoms with van der Waals surface area (Å²) in [6, 6.07) is 0. The molecule has 3 rings (SSSR count). The third-order valence-electron chi connectivity index (χ3n) is 4.36. The number of ether oxygens (including phenoxy) is 1. The minimum atomic E-state index is -2.98. The normalized spacial score (nSPS) is 63.5. The van der Waals surface area contributed by atoms with Crippen molar-refractivity contribution >= 4 is 9.84 Å². The Balaban J connectivity index is 2.10. The van der Waals surface area contributed by atoms with Crippen LogP contribution in [0.3, 0.4) is 0 Å². The molecule has 0 aliphatic carbocycles. The van der Waals surface area contributed by atoms with Gasteiger partial charge >= 0.3 is 0 Å². The summed E-state index contributed by atoms with van der Waals surface area (Å²) in [5.74, 6) is 0.0421. The molecule has 3 fully saturated rings. The van der Waals surface area contributed by atoms with Gasteiger partial charge in [-0.15, -0.1) is 0 Å². The first-order chi connectivity index (χ1) is 6.32. The molecular formula is C9H14O4S. The van der Waals surface area contributed by atoms with E-state index in [0.717, 1.165) is 0 Å². The second-order valence-corrected chi connectivity index (χ2v) is 7.29. The molecule has 3 heterocycles. The van der Waals surface area contributed by atoms with E-state index in [-0.39, 0.29) is 11.7 Å². The van der Waals surface area contributed by atoms with Gasteiger partial charge in [-0.25, -0.2) is 8.42 Å². The molecule has 5 heteroatoms. The Labute approximate surface area is 83.2 Å². The van der Waals surface area contributed by atoms with Crippen molar-refractivity contribution in [1.29, 1.82) is 0 Å². The molecule has 80 valence electrons. The minimum Gasteiger partial charge on any atom is -0.390 e. The van der Waals surface area contributed by atoms with Gasteiger partial charge < -0.3 is 9.84 Å². The highest BCUT2D eigenvalue weighted by molar-refractivity contribution is 7.93. The fourth-order valence-corrected chi connectivity index (χ4v) is 5.75. The zero-order chi connectivity index (χ0) is 10.4. The molecule has 5 atom stereocenters. The summed E-state index contributed by atoms with van der Waals surface area (Å²) in [7, 11) is -2.98. The van der Waals surface area contributed by atoms with Crippen LogP contribution in [0.1, 0.15) is 20.3 Å². The Morgan fingerprint density at radius 2 is 2.14 bits per heavy atom. The molecule has 0 radical (unpaired) electrons. The van der Waals surface area contributed by atoms with Crippen LogP contribution in [0, 0.1) is 5.92 Å². The first-order valence-electron chi connectivity index (χ1n) is 4.92. The van der Waals surface area contributed by atoms with Crippen molar-refractivity contribution in [2.45, 2.75) is 42.8 Å². The van der Waals surface area contributed by atoms with Crippen molar-refractivity contribution < 1.29 is 18.3 Å². The number of hydrogen-bond acceptors (Lipinski definition) is 4. The maximum atomic E-state index is 11.5. The van der Waals surface area contributed by atoms with Crippen molar-refractivity contribution in [3.63, 3.8) is 0 Å². The minimum absolute atomic E-state index is 0.00572. The van der Waals surface area contributed by atoms with Gasteiger partial charge in [0.25, 0.3) is 0 Å². The van der Waals surface area contributed by atoms with E-state index in [1.165, 1.54) is 0 Å². The summed E-state index contributed by atoms with van der Waals surface area (Å²) in [6.45, 7) is 3.84. The highest BCUT2D eigenvalue weighted by Crippen LogP contribution is 2.61. The van der Waals surface area contributed by atoms with Crippen LogP contribution in [0.2, 0.25) is 0 Å². The fraction of sp³-hybridized carbons (Fsp3) is 1.00. The molecule has 5 unspecified atom stereocenters. The van der Waals surface area contributed by atoms with Gasteiger partial charge in [-0.05, 0) is 13.3 Å². The van der Waals surface area contributed by atoms with E-state index in [9.17, 15) is 13.5 Å². The highest BCUT2D eigenvalue weighted by Gasteiger charge is 2.77. The lowest BCUT2D eigenvalue weighted by molar-refractivity contribution is -0.0613. The van der Waals surface area contributed by atoms with Crippen molar-refractivity contribution in [2.75, 3.05) is 5.75 Å².